The number of hydrogen-bond acceptors (Lipinski definition) is 7. The number of alkyl halides is 9. The van der Waals surface area contributed by atoms with Gasteiger partial charge in [0, 0.05) is 37.6 Å². The van der Waals surface area contributed by atoms with Gasteiger partial charge in [-0.25, -0.2) is 9.78 Å². The van der Waals surface area contributed by atoms with E-state index in [9.17, 15) is 44.6 Å². The minimum atomic E-state index is -5.08. The number of carbonyl (C=O) groups is 1. The topological polar surface area (TPSA) is 120 Å². The molecule has 3 heterocycles. The third-order valence-corrected chi connectivity index (χ3v) is 6.23. The minimum Gasteiger partial charge on any atom is -0.475 e. The van der Waals surface area contributed by atoms with Gasteiger partial charge in [-0.15, -0.1) is 0 Å². The average molecular weight is 676 g/mol. The molecule has 1 atom stereocenters. The molecule has 17 heteroatoms. The third-order valence-electron chi connectivity index (χ3n) is 6.23. The molecule has 47 heavy (non-hydrogen) atoms. The molecule has 4 N–H and O–H groups in total. The van der Waals surface area contributed by atoms with E-state index in [2.05, 4.69) is 25.6 Å². The molecule has 0 radical (unpaired) electrons. The van der Waals surface area contributed by atoms with Crippen molar-refractivity contribution in [3.8, 4) is 11.3 Å². The Kier molecular flexibility index (Phi) is 12.4. The molecule has 0 aliphatic rings. The highest BCUT2D eigenvalue weighted by Gasteiger charge is 2.38. The highest BCUT2D eigenvalue weighted by Crippen LogP contribution is 2.34. The standard InChI is InChI=1S/C28H25F6N5O.C2HF3O2/c29-27(30,31)20-9-7-18(8-10-20)23-15-19(16-25(39-23)28(32,33)34)24(40)17-35-13-14-38-26(21-5-1-3-11-36-21)22-6-2-4-12-37-22;3-2(4,5)1(6)7/h1-12,15-16,24,26,35,38,40H,13-14,17H2;(H,6,7)/t24-;/m0./s1. The van der Waals surface area contributed by atoms with Gasteiger partial charge in [-0.2, -0.15) is 39.5 Å². The van der Waals surface area contributed by atoms with Gasteiger partial charge in [-0.1, -0.05) is 24.3 Å². The monoisotopic (exact) mass is 675 g/mol. The van der Waals surface area contributed by atoms with Crippen LogP contribution in [0.4, 0.5) is 39.5 Å². The second-order valence-corrected chi connectivity index (χ2v) is 9.66. The van der Waals surface area contributed by atoms with Gasteiger partial charge >= 0.3 is 24.5 Å². The van der Waals surface area contributed by atoms with Crippen LogP contribution in [-0.4, -0.2) is 56.9 Å². The number of rotatable bonds is 10. The zero-order valence-electron chi connectivity index (χ0n) is 23.9. The molecule has 252 valence electrons. The van der Waals surface area contributed by atoms with Gasteiger partial charge in [0.1, 0.15) is 5.69 Å². The molecule has 0 bridgehead atoms. The van der Waals surface area contributed by atoms with Crippen molar-refractivity contribution in [1.82, 2.24) is 25.6 Å². The number of nitrogens with zero attached hydrogens (tertiary/aromatic N) is 3. The summed E-state index contributed by atoms with van der Waals surface area (Å²) < 4.78 is 111. The number of nitrogens with one attached hydrogen (secondary N) is 2. The van der Waals surface area contributed by atoms with E-state index in [1.54, 1.807) is 24.5 Å². The van der Waals surface area contributed by atoms with Gasteiger partial charge in [0.2, 0.25) is 0 Å². The summed E-state index contributed by atoms with van der Waals surface area (Å²) in [7, 11) is 0. The van der Waals surface area contributed by atoms with E-state index in [0.717, 1.165) is 41.7 Å². The van der Waals surface area contributed by atoms with Crippen molar-refractivity contribution in [2.45, 2.75) is 30.7 Å². The van der Waals surface area contributed by atoms with Crippen molar-refractivity contribution >= 4 is 5.97 Å². The lowest BCUT2D eigenvalue weighted by molar-refractivity contribution is -0.192. The molecule has 4 rings (SSSR count). The molecule has 0 saturated heterocycles. The highest BCUT2D eigenvalue weighted by atomic mass is 19.4. The maximum absolute atomic E-state index is 13.5. The highest BCUT2D eigenvalue weighted by molar-refractivity contribution is 5.73. The van der Waals surface area contributed by atoms with Gasteiger partial charge in [0.05, 0.1) is 34.8 Å². The number of aliphatic hydroxyl groups excluding tert-OH is 1. The van der Waals surface area contributed by atoms with Crippen LogP contribution < -0.4 is 10.6 Å². The molecule has 0 aliphatic heterocycles. The molecule has 0 spiro atoms. The van der Waals surface area contributed by atoms with Crippen molar-refractivity contribution in [3.05, 3.63) is 113 Å². The van der Waals surface area contributed by atoms with E-state index >= 15 is 0 Å². The Morgan fingerprint density at radius 1 is 0.766 bits per heavy atom. The number of halogens is 9. The van der Waals surface area contributed by atoms with Crippen LogP contribution in [0.2, 0.25) is 0 Å². The Labute approximate surface area is 261 Å². The van der Waals surface area contributed by atoms with Gasteiger partial charge in [0.25, 0.3) is 0 Å². The van der Waals surface area contributed by atoms with E-state index in [0.29, 0.717) is 13.1 Å². The molecular formula is C30H26F9N5O3. The van der Waals surface area contributed by atoms with Crippen LogP contribution in [0.1, 0.15) is 40.4 Å². The van der Waals surface area contributed by atoms with Crippen LogP contribution in [0.15, 0.2) is 85.2 Å². The van der Waals surface area contributed by atoms with Crippen molar-refractivity contribution in [1.29, 1.82) is 0 Å². The molecule has 0 amide bonds. The van der Waals surface area contributed by atoms with E-state index in [4.69, 9.17) is 9.90 Å². The molecule has 0 aliphatic carbocycles. The quantitative estimate of drug-likeness (QED) is 0.116. The number of carboxylic acid groups (broad SMARTS) is 1. The fraction of sp³-hybridized carbons (Fsp3) is 0.267. The fourth-order valence-electron chi connectivity index (χ4n) is 3.98. The number of pyridine rings is 3. The van der Waals surface area contributed by atoms with E-state index < -0.39 is 41.9 Å². The summed E-state index contributed by atoms with van der Waals surface area (Å²) in [6.45, 7) is 0.703. The number of aliphatic hydroxyl groups is 1. The largest absolute Gasteiger partial charge is 0.490 e. The molecule has 4 aromatic rings. The van der Waals surface area contributed by atoms with Gasteiger partial charge in [-0.05, 0) is 54.1 Å². The Balaban J connectivity index is 0.000000771. The lowest BCUT2D eigenvalue weighted by Gasteiger charge is -2.19. The predicted octanol–water partition coefficient (Wildman–Crippen LogP) is 6.21. The second kappa shape index (κ2) is 15.8. The number of aromatic nitrogens is 3. The summed E-state index contributed by atoms with van der Waals surface area (Å²) in [5.41, 5.74) is -0.893. The fourth-order valence-corrected chi connectivity index (χ4v) is 3.98. The Morgan fingerprint density at radius 3 is 1.77 bits per heavy atom. The number of hydrogen-bond donors (Lipinski definition) is 4. The maximum Gasteiger partial charge on any atom is 0.490 e. The minimum absolute atomic E-state index is 0.0554. The van der Waals surface area contributed by atoms with Crippen LogP contribution in [0.25, 0.3) is 11.3 Å². The average Bonchev–Trinajstić information content (AvgIpc) is 3.02. The number of benzene rings is 1. The lowest BCUT2D eigenvalue weighted by atomic mass is 10.0. The van der Waals surface area contributed by atoms with Crippen LogP contribution in [0.3, 0.4) is 0 Å². The summed E-state index contributed by atoms with van der Waals surface area (Å²) >= 11 is 0. The molecule has 0 fully saturated rings. The first-order valence-electron chi connectivity index (χ1n) is 13.5. The predicted molar refractivity (Wildman–Crippen MR) is 150 cm³/mol. The zero-order chi connectivity index (χ0) is 34.8. The van der Waals surface area contributed by atoms with Crippen molar-refractivity contribution < 1.29 is 54.5 Å². The molecule has 1 aromatic carbocycles. The van der Waals surface area contributed by atoms with Crippen molar-refractivity contribution in [2.24, 2.45) is 0 Å². The maximum atomic E-state index is 13.5. The molecular weight excluding hydrogens is 649 g/mol. The summed E-state index contributed by atoms with van der Waals surface area (Å²) in [5, 5.41) is 24.1. The van der Waals surface area contributed by atoms with Crippen molar-refractivity contribution in [3.63, 3.8) is 0 Å². The Hall–Kier alpha value is -4.61. The van der Waals surface area contributed by atoms with Crippen LogP contribution in [-0.2, 0) is 17.1 Å². The van der Waals surface area contributed by atoms with Crippen LogP contribution >= 0.6 is 0 Å². The van der Waals surface area contributed by atoms with E-state index in [1.807, 2.05) is 24.3 Å². The van der Waals surface area contributed by atoms with Crippen LogP contribution in [0.5, 0.6) is 0 Å². The molecule has 8 nitrogen and oxygen atoms in total. The Bertz CT molecular complexity index is 1530. The van der Waals surface area contributed by atoms with Crippen LogP contribution in [0, 0.1) is 0 Å². The number of carboxylic acids is 1. The van der Waals surface area contributed by atoms with Crippen molar-refractivity contribution in [2.75, 3.05) is 19.6 Å². The first-order chi connectivity index (χ1) is 22.0. The molecule has 0 unspecified atom stereocenters. The summed E-state index contributed by atoms with van der Waals surface area (Å²) in [6, 6.07) is 16.3. The van der Waals surface area contributed by atoms with Gasteiger partial charge in [0.15, 0.2) is 0 Å². The lowest BCUT2D eigenvalue weighted by Crippen LogP contribution is -2.33. The van der Waals surface area contributed by atoms with E-state index in [-0.39, 0.29) is 29.4 Å². The number of aliphatic carboxylic acids is 1. The smallest absolute Gasteiger partial charge is 0.475 e. The first-order valence-corrected chi connectivity index (χ1v) is 13.5. The summed E-state index contributed by atoms with van der Waals surface area (Å²) in [4.78, 5) is 21.2. The van der Waals surface area contributed by atoms with Gasteiger partial charge in [-0.3, -0.25) is 9.97 Å². The third kappa shape index (κ3) is 11.3. The molecule has 0 saturated carbocycles. The second-order valence-electron chi connectivity index (χ2n) is 9.66. The van der Waals surface area contributed by atoms with E-state index in [1.165, 1.54) is 6.07 Å². The molecule has 3 aromatic heterocycles. The SMILES string of the molecule is O=C(O)C(F)(F)F.O[C@@H](CNCCNC(c1ccccn1)c1ccccn1)c1cc(-c2ccc(C(F)(F)F)cc2)nc(C(F)(F)F)c1. The Morgan fingerprint density at radius 2 is 1.32 bits per heavy atom. The summed E-state index contributed by atoms with van der Waals surface area (Å²) in [6.07, 6.45) is -12.5. The summed E-state index contributed by atoms with van der Waals surface area (Å²) in [5.74, 6) is -2.76. The normalized spacial score (nSPS) is 12.7. The van der Waals surface area contributed by atoms with Gasteiger partial charge < -0.3 is 20.8 Å². The zero-order valence-corrected chi connectivity index (χ0v) is 23.9. The first kappa shape index (κ1) is 36.9.